The van der Waals surface area contributed by atoms with E-state index in [0.717, 1.165) is 29.0 Å². The van der Waals surface area contributed by atoms with E-state index in [1.54, 1.807) is 16.8 Å². The zero-order chi connectivity index (χ0) is 20.8. The topological polar surface area (TPSA) is 101 Å². The van der Waals surface area contributed by atoms with Crippen molar-refractivity contribution in [2.45, 2.75) is 35.3 Å². The molecule has 0 unspecified atom stereocenters. The summed E-state index contributed by atoms with van der Waals surface area (Å²) in [5.41, 5.74) is 2.28. The maximum atomic E-state index is 12.9. The van der Waals surface area contributed by atoms with Crippen LogP contribution in [0.3, 0.4) is 0 Å². The van der Waals surface area contributed by atoms with E-state index in [1.165, 1.54) is 0 Å². The highest BCUT2D eigenvalue weighted by Gasteiger charge is 2.38. The summed E-state index contributed by atoms with van der Waals surface area (Å²) in [6.45, 7) is 1.03. The summed E-state index contributed by atoms with van der Waals surface area (Å²) < 4.78 is 27.9. The van der Waals surface area contributed by atoms with E-state index >= 15 is 0 Å². The first kappa shape index (κ1) is 20.0. The fourth-order valence-electron chi connectivity index (χ4n) is 4.17. The van der Waals surface area contributed by atoms with Gasteiger partial charge in [-0.3, -0.25) is 9.59 Å². The van der Waals surface area contributed by atoms with Crippen LogP contribution in [0.5, 0.6) is 0 Å². The second-order valence-corrected chi connectivity index (χ2v) is 10.6. The van der Waals surface area contributed by atoms with Crippen molar-refractivity contribution in [2.75, 3.05) is 31.3 Å². The molecule has 154 valence electrons. The number of nitrogens with zero attached hydrogens (tertiary/aromatic N) is 4. The number of benzene rings is 1. The highest BCUT2D eigenvalue weighted by atomic mass is 32.2. The van der Waals surface area contributed by atoms with Crippen molar-refractivity contribution in [3.05, 3.63) is 35.5 Å². The van der Waals surface area contributed by atoms with E-state index in [0.29, 0.717) is 31.6 Å². The Labute approximate surface area is 173 Å². The van der Waals surface area contributed by atoms with Crippen LogP contribution in [-0.2, 0) is 19.4 Å². The number of likely N-dealkylation sites (N-methyl/N-ethyl adjacent to an activating group) is 1. The second-order valence-electron chi connectivity index (χ2n) is 7.59. The van der Waals surface area contributed by atoms with E-state index in [-0.39, 0.29) is 28.4 Å². The number of hydrogen-bond acceptors (Lipinski definition) is 7. The predicted octanol–water partition coefficient (Wildman–Crippen LogP) is 1.80. The van der Waals surface area contributed by atoms with Crippen LogP contribution in [-0.4, -0.2) is 61.1 Å². The molecular formula is C19H22N4O4S2. The van der Waals surface area contributed by atoms with Crippen molar-refractivity contribution in [3.8, 4) is 0 Å². The smallest absolute Gasteiger partial charge is 0.234 e. The number of anilines is 1. The van der Waals surface area contributed by atoms with Crippen LogP contribution in [0.15, 0.2) is 28.5 Å². The molecule has 2 aliphatic rings. The third-order valence-electron chi connectivity index (χ3n) is 5.73. The molecule has 4 rings (SSSR count). The Morgan fingerprint density at radius 3 is 2.62 bits per heavy atom. The van der Waals surface area contributed by atoms with Crippen LogP contribution in [0, 0.1) is 0 Å². The lowest BCUT2D eigenvalue weighted by Crippen LogP contribution is -2.39. The van der Waals surface area contributed by atoms with Gasteiger partial charge in [-0.25, -0.2) is 8.42 Å². The highest BCUT2D eigenvalue weighted by molar-refractivity contribution is 7.92. The molecule has 10 heteroatoms. The predicted molar refractivity (Wildman–Crippen MR) is 109 cm³/mol. The molecule has 0 N–H and O–H groups in total. The van der Waals surface area contributed by atoms with Gasteiger partial charge in [-0.2, -0.15) is 0 Å². The van der Waals surface area contributed by atoms with Crippen molar-refractivity contribution in [2.24, 2.45) is 0 Å². The first-order chi connectivity index (χ1) is 13.8. The highest BCUT2D eigenvalue weighted by Crippen LogP contribution is 2.39. The molecule has 0 radical (unpaired) electrons. The summed E-state index contributed by atoms with van der Waals surface area (Å²) in [4.78, 5) is 28.9. The summed E-state index contributed by atoms with van der Waals surface area (Å²) in [7, 11) is -1.62. The van der Waals surface area contributed by atoms with Crippen molar-refractivity contribution < 1.29 is 18.0 Å². The zero-order valence-electron chi connectivity index (χ0n) is 16.2. The number of hydrogen-bond donors (Lipinski definition) is 0. The second kappa shape index (κ2) is 7.49. The van der Waals surface area contributed by atoms with Gasteiger partial charge < -0.3 is 9.80 Å². The molecule has 3 heterocycles. The Balaban J connectivity index is 1.42. The van der Waals surface area contributed by atoms with Gasteiger partial charge in [-0.1, -0.05) is 22.7 Å². The number of amides is 2. The number of fused-ring (bicyclic) bond motifs is 1. The van der Waals surface area contributed by atoms with Crippen molar-refractivity contribution in [3.63, 3.8) is 0 Å². The van der Waals surface area contributed by atoms with E-state index in [4.69, 9.17) is 0 Å². The molecule has 1 aromatic carbocycles. The normalized spacial score (nSPS) is 20.2. The lowest BCUT2D eigenvalue weighted by atomic mass is 9.92. The van der Waals surface area contributed by atoms with Crippen molar-refractivity contribution in [1.82, 2.24) is 14.5 Å². The van der Waals surface area contributed by atoms with Crippen molar-refractivity contribution in [1.29, 1.82) is 0 Å². The molecule has 0 spiro atoms. The fraction of sp³-hybridized carbons (Fsp3) is 0.474. The molecule has 1 saturated heterocycles. The number of piperidine rings is 1. The molecule has 29 heavy (non-hydrogen) atoms. The third kappa shape index (κ3) is 3.66. The van der Waals surface area contributed by atoms with Crippen LogP contribution in [0.2, 0.25) is 0 Å². The van der Waals surface area contributed by atoms with Crippen LogP contribution < -0.4 is 4.90 Å². The van der Waals surface area contributed by atoms with Crippen LogP contribution in [0.25, 0.3) is 0 Å². The van der Waals surface area contributed by atoms with Gasteiger partial charge in [0.15, 0.2) is 14.0 Å². The minimum absolute atomic E-state index is 0.0255. The largest absolute Gasteiger partial charge is 0.343 e. The number of likely N-dealkylation sites (tertiary alicyclic amines) is 1. The number of sulfone groups is 1. The van der Waals surface area contributed by atoms with Gasteiger partial charge in [0.1, 0.15) is 0 Å². The van der Waals surface area contributed by atoms with E-state index in [2.05, 4.69) is 9.59 Å². The van der Waals surface area contributed by atoms with E-state index < -0.39 is 15.8 Å². The van der Waals surface area contributed by atoms with Gasteiger partial charge in [0.2, 0.25) is 11.8 Å². The van der Waals surface area contributed by atoms with Gasteiger partial charge in [0.05, 0.1) is 11.6 Å². The Morgan fingerprint density at radius 2 is 1.93 bits per heavy atom. The molecule has 1 fully saturated rings. The standard InChI is InChI=1S/C19H22N4O4S2/c1-22-15-6-4-3-5-13(15)14(18(22)25)11-16(24)23-9-7-12(8-10-23)17-19(28-21-20-17)29(2,26)27/h3-6,12,14H,7-11H2,1-2H3/t14-/m1/s1. The maximum Gasteiger partial charge on any atom is 0.234 e. The first-order valence-corrected chi connectivity index (χ1v) is 12.1. The zero-order valence-corrected chi connectivity index (χ0v) is 17.9. The summed E-state index contributed by atoms with van der Waals surface area (Å²) >= 11 is 0.901. The van der Waals surface area contributed by atoms with Crippen molar-refractivity contribution >= 4 is 38.9 Å². The molecular weight excluding hydrogens is 412 g/mol. The molecule has 0 saturated carbocycles. The minimum atomic E-state index is -3.35. The Hall–Kier alpha value is -2.33. The van der Waals surface area contributed by atoms with Crippen LogP contribution in [0.1, 0.15) is 42.4 Å². The SMILES string of the molecule is CN1C(=O)[C@H](CC(=O)N2CCC(c3nnsc3S(C)(=O)=O)CC2)c2ccccc21. The van der Waals surface area contributed by atoms with Gasteiger partial charge in [0, 0.05) is 56.0 Å². The number of aromatic nitrogens is 2. The number of rotatable bonds is 4. The number of carbonyl (C=O) groups excluding carboxylic acids is 2. The molecule has 1 atom stereocenters. The number of para-hydroxylation sites is 1. The van der Waals surface area contributed by atoms with Crippen LogP contribution in [0.4, 0.5) is 5.69 Å². The van der Waals surface area contributed by atoms with Gasteiger partial charge >= 0.3 is 0 Å². The van der Waals surface area contributed by atoms with Crippen LogP contribution >= 0.6 is 11.5 Å². The Morgan fingerprint density at radius 1 is 1.24 bits per heavy atom. The van der Waals surface area contributed by atoms with Gasteiger partial charge in [-0.15, -0.1) is 5.10 Å². The summed E-state index contributed by atoms with van der Waals surface area (Å²) in [5.74, 6) is -0.573. The van der Waals surface area contributed by atoms with Gasteiger partial charge in [0.25, 0.3) is 0 Å². The molecule has 8 nitrogen and oxygen atoms in total. The molecule has 2 aliphatic heterocycles. The summed E-state index contributed by atoms with van der Waals surface area (Å²) in [6, 6.07) is 7.57. The maximum absolute atomic E-state index is 12.9. The lowest BCUT2D eigenvalue weighted by molar-refractivity contribution is -0.134. The first-order valence-electron chi connectivity index (χ1n) is 9.44. The van der Waals surface area contributed by atoms with E-state index in [1.807, 2.05) is 24.3 Å². The molecule has 0 bridgehead atoms. The molecule has 2 amide bonds. The quantitative estimate of drug-likeness (QED) is 0.727. The molecule has 0 aliphatic carbocycles. The monoisotopic (exact) mass is 434 g/mol. The average molecular weight is 435 g/mol. The van der Waals surface area contributed by atoms with Gasteiger partial charge in [-0.05, 0) is 24.5 Å². The summed E-state index contributed by atoms with van der Waals surface area (Å²) in [5, 5.41) is 4.04. The Kier molecular flexibility index (Phi) is 5.16. The Bertz CT molecular complexity index is 1060. The lowest BCUT2D eigenvalue weighted by Gasteiger charge is -2.32. The minimum Gasteiger partial charge on any atom is -0.343 e. The van der Waals surface area contributed by atoms with E-state index in [9.17, 15) is 18.0 Å². The fourth-order valence-corrected chi connectivity index (χ4v) is 5.90. The summed E-state index contributed by atoms with van der Waals surface area (Å²) in [6.07, 6.45) is 2.58. The average Bonchev–Trinajstić information content (AvgIpc) is 3.29. The number of carbonyl (C=O) groups is 2. The molecule has 1 aromatic heterocycles. The third-order valence-corrected chi connectivity index (χ3v) is 8.29. The molecule has 2 aromatic rings.